The van der Waals surface area contributed by atoms with E-state index in [1.54, 1.807) is 0 Å². The van der Waals surface area contributed by atoms with E-state index in [-0.39, 0.29) is 0 Å². The molecule has 2 heteroatoms. The normalized spacial score (nSPS) is 20.7. The standard InChI is InChI=1S/C21H38OS/c1-6-17(15-18-11-10-12-20(22)16-18)13-14-19(7-2)21(5,8-3)23-9-4/h16-17,19H,6-15H2,1-5H3. The summed E-state index contributed by atoms with van der Waals surface area (Å²) >= 11 is 2.15. The Morgan fingerprint density at radius 1 is 1.13 bits per heavy atom. The molecule has 3 unspecified atom stereocenters. The summed E-state index contributed by atoms with van der Waals surface area (Å²) < 4.78 is 0.432. The predicted octanol–water partition coefficient (Wildman–Crippen LogP) is 6.81. The maximum Gasteiger partial charge on any atom is 0.155 e. The molecule has 0 aromatic carbocycles. The molecule has 1 aliphatic carbocycles. The van der Waals surface area contributed by atoms with Crippen LogP contribution in [0.15, 0.2) is 11.6 Å². The van der Waals surface area contributed by atoms with E-state index in [0.29, 0.717) is 10.5 Å². The van der Waals surface area contributed by atoms with Gasteiger partial charge in [-0.3, -0.25) is 4.79 Å². The van der Waals surface area contributed by atoms with Crippen molar-refractivity contribution in [1.82, 2.24) is 0 Å². The lowest BCUT2D eigenvalue weighted by molar-refractivity contribution is -0.115. The van der Waals surface area contributed by atoms with Crippen LogP contribution in [0, 0.1) is 11.8 Å². The van der Waals surface area contributed by atoms with Gasteiger partial charge in [-0.2, -0.15) is 11.8 Å². The average molecular weight is 339 g/mol. The zero-order valence-electron chi connectivity index (χ0n) is 16.1. The molecule has 1 aliphatic rings. The summed E-state index contributed by atoms with van der Waals surface area (Å²) in [5.74, 6) is 3.14. The fraction of sp³-hybridized carbons (Fsp3) is 0.857. The molecule has 0 spiro atoms. The first-order valence-corrected chi connectivity index (χ1v) is 10.8. The Labute approximate surface area is 149 Å². The molecule has 0 saturated carbocycles. The van der Waals surface area contributed by atoms with Crippen molar-refractivity contribution < 1.29 is 4.79 Å². The van der Waals surface area contributed by atoms with Crippen LogP contribution in [0.25, 0.3) is 0 Å². The second kappa shape index (κ2) is 10.6. The second-order valence-electron chi connectivity index (χ2n) is 7.38. The Hall–Kier alpha value is -0.240. The van der Waals surface area contributed by atoms with Gasteiger partial charge in [0.1, 0.15) is 0 Å². The van der Waals surface area contributed by atoms with E-state index in [2.05, 4.69) is 46.4 Å². The van der Waals surface area contributed by atoms with Crippen LogP contribution in [0.2, 0.25) is 0 Å². The largest absolute Gasteiger partial charge is 0.295 e. The number of allylic oxidation sites excluding steroid dienone is 2. The molecular weight excluding hydrogens is 300 g/mol. The fourth-order valence-electron chi connectivity index (χ4n) is 4.06. The Morgan fingerprint density at radius 3 is 2.39 bits per heavy atom. The van der Waals surface area contributed by atoms with Crippen LogP contribution in [0.4, 0.5) is 0 Å². The molecule has 0 aromatic heterocycles. The van der Waals surface area contributed by atoms with Gasteiger partial charge in [0.2, 0.25) is 0 Å². The minimum absolute atomic E-state index is 0.352. The number of hydrogen-bond donors (Lipinski definition) is 0. The van der Waals surface area contributed by atoms with Crippen molar-refractivity contribution in [3.05, 3.63) is 11.6 Å². The highest BCUT2D eigenvalue weighted by Gasteiger charge is 2.31. The molecule has 23 heavy (non-hydrogen) atoms. The SMILES string of the molecule is CCSC(C)(CC)C(CC)CCC(CC)CC1=CC(=O)CCC1. The monoisotopic (exact) mass is 338 g/mol. The van der Waals surface area contributed by atoms with Crippen molar-refractivity contribution in [2.75, 3.05) is 5.75 Å². The van der Waals surface area contributed by atoms with Gasteiger partial charge >= 0.3 is 0 Å². The Kier molecular flexibility index (Phi) is 9.58. The highest BCUT2D eigenvalue weighted by molar-refractivity contribution is 8.00. The van der Waals surface area contributed by atoms with Crippen molar-refractivity contribution in [2.24, 2.45) is 11.8 Å². The first-order valence-electron chi connectivity index (χ1n) is 9.85. The zero-order chi connectivity index (χ0) is 17.3. The summed E-state index contributed by atoms with van der Waals surface area (Å²) in [6, 6.07) is 0. The molecule has 1 nitrogen and oxygen atoms in total. The van der Waals surface area contributed by atoms with Gasteiger partial charge in [0.05, 0.1) is 0 Å². The van der Waals surface area contributed by atoms with E-state index in [1.165, 1.54) is 43.4 Å². The Morgan fingerprint density at radius 2 is 1.87 bits per heavy atom. The van der Waals surface area contributed by atoms with Gasteiger partial charge in [-0.25, -0.2) is 0 Å². The summed E-state index contributed by atoms with van der Waals surface area (Å²) in [5.41, 5.74) is 1.42. The van der Waals surface area contributed by atoms with Gasteiger partial charge in [0.25, 0.3) is 0 Å². The lowest BCUT2D eigenvalue weighted by atomic mass is 9.80. The highest BCUT2D eigenvalue weighted by atomic mass is 32.2. The van der Waals surface area contributed by atoms with Crippen LogP contribution >= 0.6 is 11.8 Å². The number of rotatable bonds is 11. The van der Waals surface area contributed by atoms with Crippen molar-refractivity contribution in [3.63, 3.8) is 0 Å². The average Bonchev–Trinajstić information content (AvgIpc) is 2.54. The van der Waals surface area contributed by atoms with Crippen LogP contribution in [-0.2, 0) is 4.79 Å². The molecule has 134 valence electrons. The number of carbonyl (C=O) groups excluding carboxylic acids is 1. The lowest BCUT2D eigenvalue weighted by Gasteiger charge is -2.37. The molecule has 0 bridgehead atoms. The first-order chi connectivity index (χ1) is 11.0. The molecular formula is C21H38OS. The third-order valence-corrected chi connectivity index (χ3v) is 7.44. The summed E-state index contributed by atoms with van der Waals surface area (Å²) in [6.07, 6.45) is 12.5. The quantitative estimate of drug-likeness (QED) is 0.411. The second-order valence-corrected chi connectivity index (χ2v) is 9.18. The third kappa shape index (κ3) is 6.64. The third-order valence-electron chi connectivity index (χ3n) is 5.87. The van der Waals surface area contributed by atoms with E-state index in [9.17, 15) is 4.79 Å². The molecule has 0 saturated heterocycles. The molecule has 3 atom stereocenters. The van der Waals surface area contributed by atoms with Crippen molar-refractivity contribution >= 4 is 17.5 Å². The van der Waals surface area contributed by atoms with Crippen LogP contribution in [0.5, 0.6) is 0 Å². The molecule has 1 rings (SSSR count). The van der Waals surface area contributed by atoms with Gasteiger partial charge in [-0.05, 0) is 62.2 Å². The smallest absolute Gasteiger partial charge is 0.155 e. The maximum atomic E-state index is 11.6. The summed E-state index contributed by atoms with van der Waals surface area (Å²) in [6.45, 7) is 11.8. The molecule has 0 heterocycles. The Balaban J connectivity index is 2.59. The van der Waals surface area contributed by atoms with Crippen molar-refractivity contribution in [3.8, 4) is 0 Å². The topological polar surface area (TPSA) is 17.1 Å². The van der Waals surface area contributed by atoms with Crippen molar-refractivity contribution in [1.29, 1.82) is 0 Å². The molecule has 0 aliphatic heterocycles. The summed E-state index contributed by atoms with van der Waals surface area (Å²) in [7, 11) is 0. The minimum atomic E-state index is 0.352. The Bertz CT molecular complexity index is 387. The number of carbonyl (C=O) groups is 1. The zero-order valence-corrected chi connectivity index (χ0v) is 16.9. The lowest BCUT2D eigenvalue weighted by Crippen LogP contribution is -2.31. The van der Waals surface area contributed by atoms with Gasteiger partial charge in [-0.1, -0.05) is 53.0 Å². The number of hydrogen-bond acceptors (Lipinski definition) is 2. The van der Waals surface area contributed by atoms with E-state index in [4.69, 9.17) is 0 Å². The maximum absolute atomic E-state index is 11.6. The minimum Gasteiger partial charge on any atom is -0.295 e. The highest BCUT2D eigenvalue weighted by Crippen LogP contribution is 2.41. The van der Waals surface area contributed by atoms with Gasteiger partial charge < -0.3 is 0 Å². The van der Waals surface area contributed by atoms with Crippen LogP contribution in [0.3, 0.4) is 0 Å². The molecule has 0 N–H and O–H groups in total. The predicted molar refractivity (Wildman–Crippen MR) is 105 cm³/mol. The molecule has 0 amide bonds. The van der Waals surface area contributed by atoms with E-state index in [1.807, 2.05) is 6.08 Å². The van der Waals surface area contributed by atoms with Crippen LogP contribution in [0.1, 0.15) is 92.4 Å². The van der Waals surface area contributed by atoms with Crippen molar-refractivity contribution in [2.45, 2.75) is 97.2 Å². The summed E-state index contributed by atoms with van der Waals surface area (Å²) in [5, 5.41) is 0. The summed E-state index contributed by atoms with van der Waals surface area (Å²) in [4.78, 5) is 11.6. The molecule has 0 fully saturated rings. The van der Waals surface area contributed by atoms with Gasteiger partial charge in [0.15, 0.2) is 5.78 Å². The van der Waals surface area contributed by atoms with Crippen LogP contribution < -0.4 is 0 Å². The number of ketones is 1. The van der Waals surface area contributed by atoms with Gasteiger partial charge in [0, 0.05) is 11.2 Å². The van der Waals surface area contributed by atoms with Crippen LogP contribution in [-0.4, -0.2) is 16.3 Å². The number of thioether (sulfide) groups is 1. The van der Waals surface area contributed by atoms with Gasteiger partial charge in [-0.15, -0.1) is 0 Å². The first kappa shape index (κ1) is 20.8. The van der Waals surface area contributed by atoms with E-state index >= 15 is 0 Å². The molecule has 0 radical (unpaired) electrons. The van der Waals surface area contributed by atoms with E-state index in [0.717, 1.165) is 37.5 Å². The van der Waals surface area contributed by atoms with E-state index < -0.39 is 0 Å². The molecule has 0 aromatic rings. The fourth-order valence-corrected chi connectivity index (χ4v) is 5.44.